The molecule has 1 aromatic heterocycles. The smallest absolute Gasteiger partial charge is 0.320 e. The fourth-order valence-electron chi connectivity index (χ4n) is 3.23. The molecule has 158 valence electrons. The number of aryl methyl sites for hydroxylation is 2. The number of nitrogens with zero attached hydrogens (tertiary/aromatic N) is 2. The molecule has 1 aliphatic heterocycles. The van der Waals surface area contributed by atoms with Crippen molar-refractivity contribution in [2.24, 2.45) is 5.73 Å². The number of fused-ring (bicyclic) bond motifs is 1. The monoisotopic (exact) mass is 412 g/mol. The van der Waals surface area contributed by atoms with E-state index in [0.29, 0.717) is 26.1 Å². The van der Waals surface area contributed by atoms with Crippen LogP contribution in [0, 0.1) is 0 Å². The summed E-state index contributed by atoms with van der Waals surface area (Å²) < 4.78 is 22.9. The standard InChI is InChI=1S/C19H32N4O4S/c1-28(26,27)14-13-23(12-9-17(20)19(24)25)11-3-2-6-16-8-7-15-5-4-10-21-18(15)22-16/h7-8,17H,2-6,9-14,20H2,1H3,(H,21,22)(H,24,25). The van der Waals surface area contributed by atoms with Gasteiger partial charge in [-0.3, -0.25) is 4.79 Å². The van der Waals surface area contributed by atoms with Crippen molar-refractivity contribution in [2.75, 3.05) is 43.5 Å². The maximum absolute atomic E-state index is 11.5. The lowest BCUT2D eigenvalue weighted by molar-refractivity contribution is -0.138. The lowest BCUT2D eigenvalue weighted by Gasteiger charge is -2.23. The predicted octanol–water partition coefficient (Wildman–Crippen LogP) is 0.911. The molecule has 0 saturated heterocycles. The zero-order chi connectivity index (χ0) is 20.6. The Morgan fingerprint density at radius 1 is 1.32 bits per heavy atom. The van der Waals surface area contributed by atoms with Gasteiger partial charge in [0.2, 0.25) is 0 Å². The summed E-state index contributed by atoms with van der Waals surface area (Å²) in [6, 6.07) is 3.31. The maximum atomic E-state index is 11.5. The van der Waals surface area contributed by atoms with Gasteiger partial charge in [0, 0.05) is 31.6 Å². The van der Waals surface area contributed by atoms with Gasteiger partial charge in [-0.1, -0.05) is 6.07 Å². The van der Waals surface area contributed by atoms with E-state index >= 15 is 0 Å². The van der Waals surface area contributed by atoms with Crippen molar-refractivity contribution in [3.63, 3.8) is 0 Å². The number of pyridine rings is 1. The number of aliphatic carboxylic acids is 1. The number of carboxylic acid groups (broad SMARTS) is 1. The van der Waals surface area contributed by atoms with Gasteiger partial charge in [0.05, 0.1) is 5.75 Å². The fraction of sp³-hybridized carbons (Fsp3) is 0.684. The third-order valence-corrected chi connectivity index (χ3v) is 5.89. The van der Waals surface area contributed by atoms with Crippen LogP contribution in [0.15, 0.2) is 12.1 Å². The van der Waals surface area contributed by atoms with Gasteiger partial charge < -0.3 is 21.1 Å². The van der Waals surface area contributed by atoms with E-state index in [1.807, 2.05) is 4.90 Å². The van der Waals surface area contributed by atoms with Crippen LogP contribution in [0.2, 0.25) is 0 Å². The van der Waals surface area contributed by atoms with Crippen LogP contribution in [0.3, 0.4) is 0 Å². The van der Waals surface area contributed by atoms with Crippen LogP contribution in [0.5, 0.6) is 0 Å². The van der Waals surface area contributed by atoms with E-state index in [9.17, 15) is 13.2 Å². The van der Waals surface area contributed by atoms with E-state index in [1.54, 1.807) is 0 Å². The van der Waals surface area contributed by atoms with Gasteiger partial charge >= 0.3 is 5.97 Å². The summed E-state index contributed by atoms with van der Waals surface area (Å²) >= 11 is 0. The number of unbranched alkanes of at least 4 members (excludes halogenated alkanes) is 1. The van der Waals surface area contributed by atoms with Crippen molar-refractivity contribution in [2.45, 2.75) is 44.6 Å². The Bertz CT molecular complexity index is 754. The molecule has 1 aromatic rings. The molecule has 1 aliphatic rings. The second-order valence-electron chi connectivity index (χ2n) is 7.50. The number of hydrogen-bond acceptors (Lipinski definition) is 7. The Hall–Kier alpha value is -1.71. The molecule has 4 N–H and O–H groups in total. The first kappa shape index (κ1) is 22.6. The molecule has 1 atom stereocenters. The Kier molecular flexibility index (Phi) is 8.65. The predicted molar refractivity (Wildman–Crippen MR) is 110 cm³/mol. The average Bonchev–Trinajstić information content (AvgIpc) is 2.65. The molecule has 28 heavy (non-hydrogen) atoms. The van der Waals surface area contributed by atoms with E-state index in [-0.39, 0.29) is 5.75 Å². The van der Waals surface area contributed by atoms with Crippen molar-refractivity contribution >= 4 is 21.6 Å². The number of nitrogens with two attached hydrogens (primary N) is 1. The third kappa shape index (κ3) is 8.12. The molecule has 0 bridgehead atoms. The van der Waals surface area contributed by atoms with Gasteiger partial charge in [-0.15, -0.1) is 0 Å². The quantitative estimate of drug-likeness (QED) is 0.433. The summed E-state index contributed by atoms with van der Waals surface area (Å²) in [5, 5.41) is 12.3. The lowest BCUT2D eigenvalue weighted by Crippen LogP contribution is -2.37. The highest BCUT2D eigenvalue weighted by Gasteiger charge is 2.15. The maximum Gasteiger partial charge on any atom is 0.320 e. The Balaban J connectivity index is 1.79. The van der Waals surface area contributed by atoms with Crippen molar-refractivity contribution < 1.29 is 18.3 Å². The number of anilines is 1. The van der Waals surface area contributed by atoms with Gasteiger partial charge in [0.1, 0.15) is 21.7 Å². The van der Waals surface area contributed by atoms with Gasteiger partial charge in [0.15, 0.2) is 0 Å². The minimum Gasteiger partial charge on any atom is -0.480 e. The largest absolute Gasteiger partial charge is 0.480 e. The Morgan fingerprint density at radius 2 is 2.11 bits per heavy atom. The molecule has 2 rings (SSSR count). The van der Waals surface area contributed by atoms with Gasteiger partial charge in [-0.25, -0.2) is 13.4 Å². The van der Waals surface area contributed by atoms with Gasteiger partial charge in [0.25, 0.3) is 0 Å². The lowest BCUT2D eigenvalue weighted by atomic mass is 10.1. The summed E-state index contributed by atoms with van der Waals surface area (Å²) in [4.78, 5) is 17.6. The molecule has 0 aliphatic carbocycles. The summed E-state index contributed by atoms with van der Waals surface area (Å²) in [6.07, 6.45) is 6.42. The third-order valence-electron chi connectivity index (χ3n) is 4.96. The minimum atomic E-state index is -3.06. The molecule has 0 radical (unpaired) electrons. The zero-order valence-electron chi connectivity index (χ0n) is 16.6. The van der Waals surface area contributed by atoms with Gasteiger partial charge in [-0.05, 0) is 56.7 Å². The first-order chi connectivity index (χ1) is 13.2. The van der Waals surface area contributed by atoms with E-state index in [0.717, 1.165) is 50.2 Å². The highest BCUT2D eigenvalue weighted by atomic mass is 32.2. The molecule has 0 saturated carbocycles. The molecule has 0 spiro atoms. The van der Waals surface area contributed by atoms with Crippen LogP contribution in [0.1, 0.15) is 36.9 Å². The summed E-state index contributed by atoms with van der Waals surface area (Å²) in [5.74, 6) is 0.0317. The Labute approximate surface area is 167 Å². The van der Waals surface area contributed by atoms with E-state index in [2.05, 4.69) is 17.4 Å². The topological polar surface area (TPSA) is 126 Å². The molecule has 2 heterocycles. The molecule has 9 heteroatoms. The average molecular weight is 413 g/mol. The van der Waals surface area contributed by atoms with Crippen LogP contribution >= 0.6 is 0 Å². The van der Waals surface area contributed by atoms with E-state index in [4.69, 9.17) is 15.8 Å². The first-order valence-corrected chi connectivity index (χ1v) is 11.9. The summed E-state index contributed by atoms with van der Waals surface area (Å²) in [7, 11) is -3.06. The normalized spacial score (nSPS) is 15.1. The molecular weight excluding hydrogens is 380 g/mol. The number of carbonyl (C=O) groups is 1. The second-order valence-corrected chi connectivity index (χ2v) is 9.76. The van der Waals surface area contributed by atoms with Crippen LogP contribution in [0.25, 0.3) is 0 Å². The summed E-state index contributed by atoms with van der Waals surface area (Å²) in [6.45, 7) is 2.55. The summed E-state index contributed by atoms with van der Waals surface area (Å²) in [5.41, 5.74) is 7.91. The van der Waals surface area contributed by atoms with Crippen LogP contribution in [-0.4, -0.2) is 73.6 Å². The number of sulfone groups is 1. The number of nitrogens with one attached hydrogen (secondary N) is 1. The molecule has 0 amide bonds. The highest BCUT2D eigenvalue weighted by molar-refractivity contribution is 7.90. The minimum absolute atomic E-state index is 0.0629. The SMILES string of the molecule is CS(=O)(=O)CCN(CCCCc1ccc2c(n1)NCCC2)CCC(N)C(=O)O. The van der Waals surface area contributed by atoms with Crippen molar-refractivity contribution in [3.8, 4) is 0 Å². The van der Waals surface area contributed by atoms with Crippen LogP contribution in [-0.2, 0) is 27.5 Å². The fourth-order valence-corrected chi connectivity index (χ4v) is 3.81. The first-order valence-electron chi connectivity index (χ1n) is 9.86. The molecule has 0 aromatic carbocycles. The zero-order valence-corrected chi connectivity index (χ0v) is 17.4. The van der Waals surface area contributed by atoms with Crippen LogP contribution in [0.4, 0.5) is 5.82 Å². The highest BCUT2D eigenvalue weighted by Crippen LogP contribution is 2.20. The van der Waals surface area contributed by atoms with Crippen molar-refractivity contribution in [1.29, 1.82) is 0 Å². The molecule has 1 unspecified atom stereocenters. The van der Waals surface area contributed by atoms with Crippen molar-refractivity contribution in [3.05, 3.63) is 23.4 Å². The second kappa shape index (κ2) is 10.7. The number of aromatic nitrogens is 1. The van der Waals surface area contributed by atoms with E-state index < -0.39 is 21.8 Å². The number of rotatable bonds is 12. The number of hydrogen-bond donors (Lipinski definition) is 3. The van der Waals surface area contributed by atoms with Crippen LogP contribution < -0.4 is 11.1 Å². The van der Waals surface area contributed by atoms with Gasteiger partial charge in [-0.2, -0.15) is 0 Å². The van der Waals surface area contributed by atoms with E-state index in [1.165, 1.54) is 11.8 Å². The molecule has 8 nitrogen and oxygen atoms in total. The Morgan fingerprint density at radius 3 is 2.82 bits per heavy atom. The number of carboxylic acids is 1. The van der Waals surface area contributed by atoms with Crippen molar-refractivity contribution in [1.82, 2.24) is 9.88 Å². The molecular formula is C19H32N4O4S. The molecule has 0 fully saturated rings.